The third-order valence-electron chi connectivity index (χ3n) is 3.19. The van der Waals surface area contributed by atoms with Crippen LogP contribution in [0.4, 0.5) is 4.39 Å². The predicted molar refractivity (Wildman–Crippen MR) is 74.3 cm³/mol. The van der Waals surface area contributed by atoms with Crippen LogP contribution in [0.1, 0.15) is 31.9 Å². The van der Waals surface area contributed by atoms with Gasteiger partial charge in [-0.2, -0.15) is 5.10 Å². The van der Waals surface area contributed by atoms with Crippen molar-refractivity contribution >= 4 is 0 Å². The maximum Gasteiger partial charge on any atom is 0.127 e. The molecule has 0 saturated heterocycles. The molecule has 1 N–H and O–H groups in total. The number of benzene rings is 1. The van der Waals surface area contributed by atoms with Crippen LogP contribution in [-0.4, -0.2) is 15.8 Å². The summed E-state index contributed by atoms with van der Waals surface area (Å²) in [6.07, 6.45) is 4.55. The van der Waals surface area contributed by atoms with Gasteiger partial charge in [-0.25, -0.2) is 4.39 Å². The standard InChI is InChI=1S/C15H20FN3/c1-3-15(13-7-4-5-8-14(13)16)18-12(2)11-19-10-6-9-17-19/h4-10,12,15,18H,3,11H2,1-2H3. The Balaban J connectivity index is 2.01. The lowest BCUT2D eigenvalue weighted by atomic mass is 10.0. The monoisotopic (exact) mass is 261 g/mol. The molecule has 0 fully saturated rings. The Morgan fingerprint density at radius 1 is 1.32 bits per heavy atom. The van der Waals surface area contributed by atoms with Crippen molar-refractivity contribution in [1.82, 2.24) is 15.1 Å². The van der Waals surface area contributed by atoms with E-state index >= 15 is 0 Å². The second-order valence-corrected chi connectivity index (χ2v) is 4.78. The van der Waals surface area contributed by atoms with Gasteiger partial charge in [-0.3, -0.25) is 4.68 Å². The fraction of sp³-hybridized carbons (Fsp3) is 0.400. The van der Waals surface area contributed by atoms with Crippen LogP contribution in [0.25, 0.3) is 0 Å². The lowest BCUT2D eigenvalue weighted by Crippen LogP contribution is -2.34. The van der Waals surface area contributed by atoms with Gasteiger partial charge in [0.2, 0.25) is 0 Å². The summed E-state index contributed by atoms with van der Waals surface area (Å²) in [4.78, 5) is 0. The highest BCUT2D eigenvalue weighted by atomic mass is 19.1. The first kappa shape index (κ1) is 13.7. The summed E-state index contributed by atoms with van der Waals surface area (Å²) in [5, 5.41) is 7.64. The molecule has 3 nitrogen and oxygen atoms in total. The molecule has 0 radical (unpaired) electrons. The Kier molecular flexibility index (Phi) is 4.68. The first-order valence-corrected chi connectivity index (χ1v) is 6.68. The van der Waals surface area contributed by atoms with Crippen molar-refractivity contribution < 1.29 is 4.39 Å². The van der Waals surface area contributed by atoms with E-state index in [1.54, 1.807) is 12.3 Å². The molecule has 0 aliphatic rings. The Morgan fingerprint density at radius 3 is 2.74 bits per heavy atom. The second kappa shape index (κ2) is 6.48. The van der Waals surface area contributed by atoms with E-state index in [0.29, 0.717) is 0 Å². The van der Waals surface area contributed by atoms with E-state index in [4.69, 9.17) is 0 Å². The minimum Gasteiger partial charge on any atom is -0.306 e. The molecule has 2 unspecified atom stereocenters. The van der Waals surface area contributed by atoms with Gasteiger partial charge in [0.1, 0.15) is 5.82 Å². The number of hydrogen-bond donors (Lipinski definition) is 1. The van der Waals surface area contributed by atoms with Crippen molar-refractivity contribution in [2.45, 2.75) is 38.9 Å². The Hall–Kier alpha value is -1.68. The molecule has 1 aromatic carbocycles. The number of halogens is 1. The zero-order valence-electron chi connectivity index (χ0n) is 11.4. The van der Waals surface area contributed by atoms with Gasteiger partial charge in [0.15, 0.2) is 0 Å². The molecule has 2 atom stereocenters. The SMILES string of the molecule is CCC(NC(C)Cn1cccn1)c1ccccc1F. The van der Waals surface area contributed by atoms with Crippen molar-refractivity contribution in [2.24, 2.45) is 0 Å². The summed E-state index contributed by atoms with van der Waals surface area (Å²) in [7, 11) is 0. The maximum absolute atomic E-state index is 13.8. The second-order valence-electron chi connectivity index (χ2n) is 4.78. The quantitative estimate of drug-likeness (QED) is 0.865. The fourth-order valence-electron chi connectivity index (χ4n) is 2.27. The molecule has 0 spiro atoms. The minimum atomic E-state index is -0.145. The lowest BCUT2D eigenvalue weighted by molar-refractivity contribution is 0.385. The number of nitrogens with zero attached hydrogens (tertiary/aromatic N) is 2. The van der Waals surface area contributed by atoms with E-state index in [1.807, 2.05) is 29.1 Å². The van der Waals surface area contributed by atoms with Gasteiger partial charge in [0.25, 0.3) is 0 Å². The van der Waals surface area contributed by atoms with Crippen molar-refractivity contribution in [2.75, 3.05) is 0 Å². The topological polar surface area (TPSA) is 29.9 Å². The van der Waals surface area contributed by atoms with Gasteiger partial charge in [-0.05, 0) is 25.5 Å². The maximum atomic E-state index is 13.8. The van der Waals surface area contributed by atoms with Gasteiger partial charge in [0, 0.05) is 30.0 Å². The van der Waals surface area contributed by atoms with E-state index in [1.165, 1.54) is 6.07 Å². The Labute approximate surface area is 113 Å². The number of nitrogens with one attached hydrogen (secondary N) is 1. The highest BCUT2D eigenvalue weighted by Gasteiger charge is 2.15. The summed E-state index contributed by atoms with van der Waals surface area (Å²) >= 11 is 0. The first-order chi connectivity index (χ1) is 9.20. The zero-order chi connectivity index (χ0) is 13.7. The average molecular weight is 261 g/mol. The molecule has 0 bridgehead atoms. The van der Waals surface area contributed by atoms with E-state index in [2.05, 4.69) is 24.3 Å². The van der Waals surface area contributed by atoms with Crippen LogP contribution in [0.3, 0.4) is 0 Å². The number of aromatic nitrogens is 2. The van der Waals surface area contributed by atoms with Crippen LogP contribution in [0.2, 0.25) is 0 Å². The molecule has 0 aliphatic heterocycles. The fourth-order valence-corrected chi connectivity index (χ4v) is 2.27. The van der Waals surface area contributed by atoms with Crippen LogP contribution < -0.4 is 5.32 Å². The van der Waals surface area contributed by atoms with Gasteiger partial charge in [-0.15, -0.1) is 0 Å². The van der Waals surface area contributed by atoms with Gasteiger partial charge >= 0.3 is 0 Å². The summed E-state index contributed by atoms with van der Waals surface area (Å²) in [6.45, 7) is 4.92. The third kappa shape index (κ3) is 3.64. The van der Waals surface area contributed by atoms with Gasteiger partial charge in [0.05, 0.1) is 6.54 Å². The van der Waals surface area contributed by atoms with Crippen molar-refractivity contribution in [1.29, 1.82) is 0 Å². The van der Waals surface area contributed by atoms with Crippen molar-refractivity contribution in [3.05, 3.63) is 54.1 Å². The molecule has 2 aromatic rings. The first-order valence-electron chi connectivity index (χ1n) is 6.68. The zero-order valence-corrected chi connectivity index (χ0v) is 11.4. The van der Waals surface area contributed by atoms with E-state index in [9.17, 15) is 4.39 Å². The molecular formula is C15H20FN3. The molecule has 19 heavy (non-hydrogen) atoms. The molecule has 0 aliphatic carbocycles. The van der Waals surface area contributed by atoms with Crippen LogP contribution >= 0.6 is 0 Å². The number of hydrogen-bond acceptors (Lipinski definition) is 2. The third-order valence-corrected chi connectivity index (χ3v) is 3.19. The molecule has 0 amide bonds. The largest absolute Gasteiger partial charge is 0.306 e. The number of rotatable bonds is 6. The van der Waals surface area contributed by atoms with Crippen LogP contribution in [-0.2, 0) is 6.54 Å². The summed E-state index contributed by atoms with van der Waals surface area (Å²) in [5.41, 5.74) is 0.734. The van der Waals surface area contributed by atoms with Crippen LogP contribution in [0, 0.1) is 5.82 Å². The van der Waals surface area contributed by atoms with Crippen molar-refractivity contribution in [3.63, 3.8) is 0 Å². The minimum absolute atomic E-state index is 0.0340. The van der Waals surface area contributed by atoms with Crippen LogP contribution in [0.5, 0.6) is 0 Å². The van der Waals surface area contributed by atoms with Crippen LogP contribution in [0.15, 0.2) is 42.7 Å². The van der Waals surface area contributed by atoms with Crippen molar-refractivity contribution in [3.8, 4) is 0 Å². The highest BCUT2D eigenvalue weighted by Crippen LogP contribution is 2.20. The van der Waals surface area contributed by atoms with Gasteiger partial charge in [-0.1, -0.05) is 25.1 Å². The summed E-state index contributed by atoms with van der Waals surface area (Å²) in [6, 6.07) is 9.12. The van der Waals surface area contributed by atoms with Gasteiger partial charge < -0.3 is 5.32 Å². The summed E-state index contributed by atoms with van der Waals surface area (Å²) < 4.78 is 15.7. The molecule has 1 aromatic heterocycles. The molecule has 0 saturated carbocycles. The molecule has 4 heteroatoms. The smallest absolute Gasteiger partial charge is 0.127 e. The van der Waals surface area contributed by atoms with E-state index < -0.39 is 0 Å². The van der Waals surface area contributed by atoms with E-state index in [-0.39, 0.29) is 17.9 Å². The normalized spacial score (nSPS) is 14.3. The average Bonchev–Trinajstić information content (AvgIpc) is 2.89. The Morgan fingerprint density at radius 2 is 2.11 bits per heavy atom. The Bertz CT molecular complexity index is 496. The molecule has 102 valence electrons. The lowest BCUT2D eigenvalue weighted by Gasteiger charge is -2.23. The van der Waals surface area contributed by atoms with E-state index in [0.717, 1.165) is 18.5 Å². The molecular weight excluding hydrogens is 241 g/mol. The predicted octanol–water partition coefficient (Wildman–Crippen LogP) is 3.15. The summed E-state index contributed by atoms with van der Waals surface area (Å²) in [5.74, 6) is -0.145. The molecule has 2 rings (SSSR count). The highest BCUT2D eigenvalue weighted by molar-refractivity contribution is 5.21. The molecule has 1 heterocycles.